The molecule has 190 valence electrons. The van der Waals surface area contributed by atoms with Crippen LogP contribution in [-0.2, 0) is 15.8 Å². The van der Waals surface area contributed by atoms with Crippen LogP contribution in [0, 0.1) is 0 Å². The number of hydroxylamine groups is 2. The molecule has 13 heteroatoms. The lowest BCUT2D eigenvalue weighted by atomic mass is 10.0. The monoisotopic (exact) mass is 515 g/mol. The minimum atomic E-state index is -4.70. The molecule has 2 aromatic heterocycles. The van der Waals surface area contributed by atoms with Crippen molar-refractivity contribution in [3.05, 3.63) is 34.1 Å². The Labute approximate surface area is 204 Å². The minimum Gasteiger partial charge on any atom is -0.341 e. The number of fused-ring (bicyclic) bond motifs is 1. The van der Waals surface area contributed by atoms with E-state index in [0.717, 1.165) is 23.8 Å². The molecule has 1 saturated carbocycles. The van der Waals surface area contributed by atoms with Gasteiger partial charge in [0.2, 0.25) is 11.8 Å². The molecule has 1 aliphatic carbocycles. The van der Waals surface area contributed by atoms with Crippen LogP contribution in [0.3, 0.4) is 0 Å². The Kier molecular flexibility index (Phi) is 6.71. The molecule has 35 heavy (non-hydrogen) atoms. The van der Waals surface area contributed by atoms with Crippen molar-refractivity contribution in [3.8, 4) is 0 Å². The Morgan fingerprint density at radius 2 is 1.94 bits per heavy atom. The quantitative estimate of drug-likeness (QED) is 0.596. The number of likely N-dealkylation sites (N-methyl/N-ethyl adjacent to an activating group) is 2. The summed E-state index contributed by atoms with van der Waals surface area (Å²) in [7, 11) is 1.50. The molecule has 1 aliphatic heterocycles. The number of carbonyl (C=O) groups excluding carboxylic acids is 3. The first kappa shape index (κ1) is 25.2. The first-order valence-electron chi connectivity index (χ1n) is 11.3. The summed E-state index contributed by atoms with van der Waals surface area (Å²) in [6.45, 7) is 1.41. The second-order valence-electron chi connectivity index (χ2n) is 8.89. The Morgan fingerprint density at radius 3 is 2.51 bits per heavy atom. The van der Waals surface area contributed by atoms with Gasteiger partial charge in [-0.05, 0) is 49.8 Å². The van der Waals surface area contributed by atoms with Crippen molar-refractivity contribution >= 4 is 34.8 Å². The van der Waals surface area contributed by atoms with Crippen LogP contribution in [0.5, 0.6) is 0 Å². The van der Waals surface area contributed by atoms with E-state index >= 15 is 0 Å². The molecule has 1 saturated heterocycles. The average molecular weight is 516 g/mol. The molecule has 3 heterocycles. The second kappa shape index (κ2) is 9.30. The molecule has 0 bridgehead atoms. The Morgan fingerprint density at radius 1 is 1.26 bits per heavy atom. The molecule has 2 aromatic rings. The standard InChI is InChI=1S/C22H25ClF3N5O4/c1-3-29(11-18(33)28(2)14-6-7-30(35)17(32)10-14)21(34)20-19(23)15-8-13(12-4-5-12)9-16(22(24,25)26)31(15)27-20/h8-9,12,14,35H,3-7,10-11H2,1-2H3. The second-order valence-corrected chi connectivity index (χ2v) is 9.27. The summed E-state index contributed by atoms with van der Waals surface area (Å²) < 4.78 is 41.9. The van der Waals surface area contributed by atoms with Crippen molar-refractivity contribution in [2.75, 3.05) is 26.7 Å². The van der Waals surface area contributed by atoms with Crippen molar-refractivity contribution in [1.82, 2.24) is 24.5 Å². The zero-order valence-electron chi connectivity index (χ0n) is 19.2. The van der Waals surface area contributed by atoms with E-state index in [9.17, 15) is 32.8 Å². The number of amides is 3. The summed E-state index contributed by atoms with van der Waals surface area (Å²) in [5, 5.41) is 13.7. The molecule has 1 N–H and O–H groups in total. The number of piperidine rings is 1. The van der Waals surface area contributed by atoms with Gasteiger partial charge in [-0.1, -0.05) is 11.6 Å². The lowest BCUT2D eigenvalue weighted by molar-refractivity contribution is -0.173. The van der Waals surface area contributed by atoms with E-state index in [0.29, 0.717) is 21.6 Å². The van der Waals surface area contributed by atoms with Crippen LogP contribution in [0.25, 0.3) is 5.52 Å². The molecule has 1 unspecified atom stereocenters. The third kappa shape index (κ3) is 4.94. The highest BCUT2D eigenvalue weighted by Crippen LogP contribution is 2.43. The predicted octanol–water partition coefficient (Wildman–Crippen LogP) is 3.18. The van der Waals surface area contributed by atoms with Crippen molar-refractivity contribution < 1.29 is 32.8 Å². The van der Waals surface area contributed by atoms with Gasteiger partial charge in [-0.3, -0.25) is 19.6 Å². The number of carbonyl (C=O) groups is 3. The van der Waals surface area contributed by atoms with Crippen molar-refractivity contribution in [2.45, 2.75) is 50.7 Å². The molecular formula is C22H25ClF3N5O4. The molecule has 3 amide bonds. The van der Waals surface area contributed by atoms with E-state index in [1.807, 2.05) is 0 Å². The van der Waals surface area contributed by atoms with Crippen LogP contribution < -0.4 is 0 Å². The number of halogens is 4. The Bertz CT molecular complexity index is 1180. The largest absolute Gasteiger partial charge is 0.433 e. The average Bonchev–Trinajstić information content (AvgIpc) is 3.61. The van der Waals surface area contributed by atoms with Crippen LogP contribution >= 0.6 is 11.6 Å². The lowest BCUT2D eigenvalue weighted by Crippen LogP contribution is -2.50. The topological polar surface area (TPSA) is 98.5 Å². The molecule has 2 fully saturated rings. The van der Waals surface area contributed by atoms with Gasteiger partial charge in [-0.15, -0.1) is 0 Å². The molecule has 0 aromatic carbocycles. The van der Waals surface area contributed by atoms with Crippen molar-refractivity contribution in [1.29, 1.82) is 0 Å². The number of rotatable bonds is 6. The zero-order valence-corrected chi connectivity index (χ0v) is 19.9. The molecule has 1 atom stereocenters. The summed E-state index contributed by atoms with van der Waals surface area (Å²) in [5.74, 6) is -1.72. The van der Waals surface area contributed by atoms with E-state index in [4.69, 9.17) is 11.6 Å². The third-order valence-electron chi connectivity index (χ3n) is 6.55. The van der Waals surface area contributed by atoms with E-state index in [1.165, 1.54) is 18.0 Å². The van der Waals surface area contributed by atoms with Gasteiger partial charge >= 0.3 is 6.18 Å². The summed E-state index contributed by atoms with van der Waals surface area (Å²) in [5.41, 5.74) is -0.901. The lowest BCUT2D eigenvalue weighted by Gasteiger charge is -2.34. The highest BCUT2D eigenvalue weighted by Gasteiger charge is 2.38. The van der Waals surface area contributed by atoms with Crippen LogP contribution in [0.15, 0.2) is 12.1 Å². The fourth-order valence-electron chi connectivity index (χ4n) is 4.22. The summed E-state index contributed by atoms with van der Waals surface area (Å²) >= 11 is 6.36. The molecule has 2 aliphatic rings. The van der Waals surface area contributed by atoms with Crippen molar-refractivity contribution in [3.63, 3.8) is 0 Å². The maximum atomic E-state index is 13.7. The summed E-state index contributed by atoms with van der Waals surface area (Å²) in [6, 6.07) is 2.12. The van der Waals surface area contributed by atoms with Gasteiger partial charge in [-0.25, -0.2) is 9.58 Å². The Hall–Kier alpha value is -2.86. The summed E-state index contributed by atoms with van der Waals surface area (Å²) in [6.07, 6.45) is -2.82. The Balaban J connectivity index is 1.59. The molecular weight excluding hydrogens is 491 g/mol. The first-order chi connectivity index (χ1) is 16.4. The van der Waals surface area contributed by atoms with Gasteiger partial charge in [0.1, 0.15) is 12.2 Å². The number of pyridine rings is 1. The molecule has 0 radical (unpaired) electrons. The highest BCUT2D eigenvalue weighted by molar-refractivity contribution is 6.36. The van der Waals surface area contributed by atoms with Gasteiger partial charge in [0.25, 0.3) is 5.91 Å². The molecule has 0 spiro atoms. The smallest absolute Gasteiger partial charge is 0.341 e. The number of alkyl halides is 3. The first-order valence-corrected chi connectivity index (χ1v) is 11.6. The van der Waals surface area contributed by atoms with E-state index in [-0.39, 0.29) is 48.2 Å². The number of aromatic nitrogens is 2. The normalized spacial score (nSPS) is 18.8. The van der Waals surface area contributed by atoms with Gasteiger partial charge in [-0.2, -0.15) is 18.3 Å². The highest BCUT2D eigenvalue weighted by atomic mass is 35.5. The van der Waals surface area contributed by atoms with E-state index in [1.54, 1.807) is 6.92 Å². The van der Waals surface area contributed by atoms with Crippen LogP contribution in [0.2, 0.25) is 5.02 Å². The minimum absolute atomic E-state index is 0.0134. The van der Waals surface area contributed by atoms with Gasteiger partial charge in [0.15, 0.2) is 5.69 Å². The maximum Gasteiger partial charge on any atom is 0.433 e. The van der Waals surface area contributed by atoms with Crippen LogP contribution in [0.1, 0.15) is 60.3 Å². The zero-order chi connectivity index (χ0) is 25.7. The maximum absolute atomic E-state index is 13.7. The SMILES string of the molecule is CCN(CC(=O)N(C)C1CCN(O)C(=O)C1)C(=O)c1nn2c(C(F)(F)F)cc(C3CC3)cc2c1Cl. The molecule has 9 nitrogen and oxygen atoms in total. The predicted molar refractivity (Wildman–Crippen MR) is 118 cm³/mol. The van der Waals surface area contributed by atoms with Crippen LogP contribution in [-0.4, -0.2) is 80.1 Å². The fraction of sp³-hybridized carbons (Fsp3) is 0.545. The fourth-order valence-corrected chi connectivity index (χ4v) is 4.47. The third-order valence-corrected chi connectivity index (χ3v) is 6.92. The van der Waals surface area contributed by atoms with Gasteiger partial charge in [0.05, 0.1) is 17.1 Å². The number of hydrogen-bond acceptors (Lipinski definition) is 5. The van der Waals surface area contributed by atoms with Gasteiger partial charge < -0.3 is 9.80 Å². The molecule has 4 rings (SSSR count). The number of hydrogen-bond donors (Lipinski definition) is 1. The summed E-state index contributed by atoms with van der Waals surface area (Å²) in [4.78, 5) is 40.3. The van der Waals surface area contributed by atoms with Crippen LogP contribution in [0.4, 0.5) is 13.2 Å². The van der Waals surface area contributed by atoms with Gasteiger partial charge in [0, 0.05) is 26.1 Å². The van der Waals surface area contributed by atoms with Crippen molar-refractivity contribution in [2.24, 2.45) is 0 Å². The van der Waals surface area contributed by atoms with E-state index < -0.39 is 35.6 Å². The van der Waals surface area contributed by atoms with E-state index in [2.05, 4.69) is 5.10 Å². The number of nitrogens with zero attached hydrogens (tertiary/aromatic N) is 5.